The van der Waals surface area contributed by atoms with Crippen molar-refractivity contribution < 1.29 is 9.53 Å². The Labute approximate surface area is 165 Å². The number of fused-ring (bicyclic) bond motifs is 1. The van der Waals surface area contributed by atoms with Crippen LogP contribution < -0.4 is 10.1 Å². The number of pyridine rings is 1. The zero-order valence-corrected chi connectivity index (χ0v) is 17.2. The highest BCUT2D eigenvalue weighted by Gasteiger charge is 2.16. The predicted molar refractivity (Wildman–Crippen MR) is 111 cm³/mol. The summed E-state index contributed by atoms with van der Waals surface area (Å²) in [5.41, 5.74) is 4.93. The number of rotatable bonds is 7. The van der Waals surface area contributed by atoms with Gasteiger partial charge in [-0.25, -0.2) is 4.68 Å². The zero-order chi connectivity index (χ0) is 20.3. The van der Waals surface area contributed by atoms with Gasteiger partial charge in [0.2, 0.25) is 5.88 Å². The molecule has 0 saturated heterocycles. The molecule has 0 aliphatic heterocycles. The van der Waals surface area contributed by atoms with Gasteiger partial charge in [-0.1, -0.05) is 31.5 Å². The molecule has 1 atom stereocenters. The summed E-state index contributed by atoms with van der Waals surface area (Å²) < 4.78 is 7.56. The molecular formula is C22H28N4O2. The molecule has 3 rings (SSSR count). The van der Waals surface area contributed by atoms with Crippen molar-refractivity contribution in [3.63, 3.8) is 0 Å². The Bertz CT molecular complexity index is 976. The molecule has 0 fully saturated rings. The number of ether oxygens (including phenoxy) is 1. The second-order valence-electron chi connectivity index (χ2n) is 7.17. The first-order valence-electron chi connectivity index (χ1n) is 9.81. The highest BCUT2D eigenvalue weighted by atomic mass is 16.5. The number of aryl methyl sites for hydroxylation is 3. The third-order valence-corrected chi connectivity index (χ3v) is 4.90. The summed E-state index contributed by atoms with van der Waals surface area (Å²) >= 11 is 0. The van der Waals surface area contributed by atoms with Crippen molar-refractivity contribution in [3.05, 3.63) is 47.2 Å². The largest absolute Gasteiger partial charge is 0.468 e. The maximum atomic E-state index is 12.0. The van der Waals surface area contributed by atoms with Crippen LogP contribution in [-0.4, -0.2) is 33.3 Å². The summed E-state index contributed by atoms with van der Waals surface area (Å²) in [4.78, 5) is 16.7. The Kier molecular flexibility index (Phi) is 5.97. The van der Waals surface area contributed by atoms with Crippen LogP contribution in [0.5, 0.6) is 5.88 Å². The molecule has 6 nitrogen and oxygen atoms in total. The number of carbonyl (C=O) groups is 1. The van der Waals surface area contributed by atoms with E-state index in [4.69, 9.17) is 9.84 Å². The lowest BCUT2D eigenvalue weighted by Crippen LogP contribution is -2.35. The van der Waals surface area contributed by atoms with Crippen LogP contribution in [0.15, 0.2) is 30.3 Å². The van der Waals surface area contributed by atoms with Gasteiger partial charge in [0.25, 0.3) is 5.91 Å². The van der Waals surface area contributed by atoms with Gasteiger partial charge in [-0.2, -0.15) is 10.1 Å². The molecule has 0 spiro atoms. The van der Waals surface area contributed by atoms with Gasteiger partial charge in [-0.15, -0.1) is 0 Å². The molecule has 6 heteroatoms. The first-order chi connectivity index (χ1) is 13.4. The summed E-state index contributed by atoms with van der Waals surface area (Å²) in [5, 5.41) is 8.65. The molecular weight excluding hydrogens is 352 g/mol. The third-order valence-electron chi connectivity index (χ3n) is 4.90. The van der Waals surface area contributed by atoms with E-state index in [1.807, 2.05) is 43.7 Å². The molecule has 1 amide bonds. The van der Waals surface area contributed by atoms with Crippen molar-refractivity contribution in [3.8, 4) is 11.6 Å². The molecule has 0 saturated carbocycles. The average Bonchev–Trinajstić information content (AvgIpc) is 3.03. The monoisotopic (exact) mass is 380 g/mol. The van der Waals surface area contributed by atoms with Gasteiger partial charge in [0.05, 0.1) is 11.4 Å². The van der Waals surface area contributed by atoms with Crippen molar-refractivity contribution in [2.24, 2.45) is 0 Å². The SMILES string of the molecule is CCc1cc(OCC(=O)NC(C)CC)nc2c1c(C)nn2-c1ccc(C)cc1. The fraction of sp³-hybridized carbons (Fsp3) is 0.409. The molecule has 1 aromatic carbocycles. The quantitative estimate of drug-likeness (QED) is 0.675. The van der Waals surface area contributed by atoms with Crippen molar-refractivity contribution in [2.75, 3.05) is 6.61 Å². The van der Waals surface area contributed by atoms with Gasteiger partial charge in [0.1, 0.15) is 0 Å². The fourth-order valence-electron chi connectivity index (χ4n) is 3.13. The standard InChI is InChI=1S/C22H28N4O2/c1-6-15(4)23-19(27)13-28-20-12-17(7-2)21-16(5)25-26(22(21)24-20)18-10-8-14(3)9-11-18/h8-12,15H,6-7,13H2,1-5H3,(H,23,27). The molecule has 148 valence electrons. The molecule has 0 aliphatic rings. The minimum absolute atomic E-state index is 0.0519. The number of hydrogen-bond donors (Lipinski definition) is 1. The van der Waals surface area contributed by atoms with Crippen LogP contribution in [-0.2, 0) is 11.2 Å². The summed E-state index contributed by atoms with van der Waals surface area (Å²) in [6, 6.07) is 10.2. The van der Waals surface area contributed by atoms with Crippen molar-refractivity contribution >= 4 is 16.9 Å². The highest BCUT2D eigenvalue weighted by molar-refractivity contribution is 5.84. The van der Waals surface area contributed by atoms with Crippen LogP contribution in [0.1, 0.15) is 44.0 Å². The number of benzene rings is 1. The first-order valence-corrected chi connectivity index (χ1v) is 9.81. The van der Waals surface area contributed by atoms with Gasteiger partial charge < -0.3 is 10.1 Å². The summed E-state index contributed by atoms with van der Waals surface area (Å²) in [7, 11) is 0. The van der Waals surface area contributed by atoms with E-state index in [-0.39, 0.29) is 18.6 Å². The fourth-order valence-corrected chi connectivity index (χ4v) is 3.13. The van der Waals surface area contributed by atoms with Crippen LogP contribution in [0.4, 0.5) is 0 Å². The minimum Gasteiger partial charge on any atom is -0.468 e. The topological polar surface area (TPSA) is 69.0 Å². The van der Waals surface area contributed by atoms with Gasteiger partial charge in [0.15, 0.2) is 12.3 Å². The molecule has 0 aliphatic carbocycles. The van der Waals surface area contributed by atoms with Gasteiger partial charge in [0, 0.05) is 17.5 Å². The maximum absolute atomic E-state index is 12.0. The van der Waals surface area contributed by atoms with Crippen LogP contribution in [0, 0.1) is 13.8 Å². The summed E-state index contributed by atoms with van der Waals surface area (Å²) in [6.07, 6.45) is 1.71. The zero-order valence-electron chi connectivity index (χ0n) is 17.2. The van der Waals surface area contributed by atoms with Crippen LogP contribution in [0.2, 0.25) is 0 Å². The molecule has 1 N–H and O–H groups in total. The maximum Gasteiger partial charge on any atom is 0.258 e. The molecule has 1 unspecified atom stereocenters. The Balaban J connectivity index is 1.96. The number of amides is 1. The second kappa shape index (κ2) is 8.42. The lowest BCUT2D eigenvalue weighted by atomic mass is 10.1. The molecule has 0 radical (unpaired) electrons. The van der Waals surface area contributed by atoms with Crippen molar-refractivity contribution in [2.45, 2.75) is 53.5 Å². The molecule has 0 bridgehead atoms. The van der Waals surface area contributed by atoms with Crippen LogP contribution in [0.3, 0.4) is 0 Å². The van der Waals surface area contributed by atoms with Gasteiger partial charge >= 0.3 is 0 Å². The van der Waals surface area contributed by atoms with Gasteiger partial charge in [-0.05, 0) is 51.3 Å². The number of aromatic nitrogens is 3. The lowest BCUT2D eigenvalue weighted by Gasteiger charge is -2.12. The molecule has 2 heterocycles. The van der Waals surface area contributed by atoms with E-state index in [2.05, 4.69) is 36.3 Å². The average molecular weight is 380 g/mol. The lowest BCUT2D eigenvalue weighted by molar-refractivity contribution is -0.123. The Morgan fingerprint density at radius 3 is 2.57 bits per heavy atom. The van der Waals surface area contributed by atoms with Crippen LogP contribution >= 0.6 is 0 Å². The normalized spacial score (nSPS) is 12.2. The number of nitrogens with one attached hydrogen (secondary N) is 1. The Morgan fingerprint density at radius 1 is 1.21 bits per heavy atom. The van der Waals surface area contributed by atoms with E-state index in [1.54, 1.807) is 0 Å². The summed E-state index contributed by atoms with van der Waals surface area (Å²) in [5.74, 6) is 0.300. The molecule has 3 aromatic rings. The van der Waals surface area contributed by atoms with E-state index >= 15 is 0 Å². The number of hydrogen-bond acceptors (Lipinski definition) is 4. The Hall–Kier alpha value is -2.89. The van der Waals surface area contributed by atoms with E-state index in [9.17, 15) is 4.79 Å². The minimum atomic E-state index is -0.141. The smallest absolute Gasteiger partial charge is 0.258 e. The van der Waals surface area contributed by atoms with E-state index in [0.717, 1.165) is 40.8 Å². The van der Waals surface area contributed by atoms with E-state index in [1.165, 1.54) is 5.56 Å². The van der Waals surface area contributed by atoms with Crippen molar-refractivity contribution in [1.29, 1.82) is 0 Å². The first kappa shape index (κ1) is 19.9. The second-order valence-corrected chi connectivity index (χ2v) is 7.17. The number of nitrogens with zero attached hydrogens (tertiary/aromatic N) is 3. The molecule has 28 heavy (non-hydrogen) atoms. The van der Waals surface area contributed by atoms with Crippen LogP contribution in [0.25, 0.3) is 16.7 Å². The predicted octanol–water partition coefficient (Wildman–Crippen LogP) is 3.89. The highest BCUT2D eigenvalue weighted by Crippen LogP contribution is 2.27. The molecule has 2 aromatic heterocycles. The van der Waals surface area contributed by atoms with Gasteiger partial charge in [-0.3, -0.25) is 4.79 Å². The van der Waals surface area contributed by atoms with E-state index < -0.39 is 0 Å². The Morgan fingerprint density at radius 2 is 1.93 bits per heavy atom. The van der Waals surface area contributed by atoms with E-state index in [0.29, 0.717) is 5.88 Å². The number of carbonyl (C=O) groups excluding carboxylic acids is 1. The third kappa shape index (κ3) is 4.16. The van der Waals surface area contributed by atoms with Crippen molar-refractivity contribution in [1.82, 2.24) is 20.1 Å². The summed E-state index contributed by atoms with van der Waals surface area (Å²) in [6.45, 7) is 10.1.